The molecule has 136 valence electrons. The van der Waals surface area contributed by atoms with E-state index in [1.54, 1.807) is 9.25 Å². The van der Waals surface area contributed by atoms with Crippen molar-refractivity contribution in [2.45, 2.75) is 13.1 Å². The molecule has 27 heavy (non-hydrogen) atoms. The molecule has 3 aromatic heterocycles. The quantitative estimate of drug-likeness (QED) is 0.548. The maximum atomic E-state index is 12.7. The van der Waals surface area contributed by atoms with E-state index in [4.69, 9.17) is 4.52 Å². The molecule has 0 bridgehead atoms. The van der Waals surface area contributed by atoms with Crippen molar-refractivity contribution in [1.29, 1.82) is 0 Å². The van der Waals surface area contributed by atoms with Gasteiger partial charge in [-0.1, -0.05) is 35.5 Å². The molecule has 0 saturated carbocycles. The Bertz CT molecular complexity index is 1120. The van der Waals surface area contributed by atoms with Gasteiger partial charge in [0, 0.05) is 12.6 Å². The van der Waals surface area contributed by atoms with Gasteiger partial charge in [-0.15, -0.1) is 0 Å². The SMILES string of the molecule is O=C(NCCn1ncc2c(=O)n(Cc3ccccc3)cnc21)c1ccno1. The van der Waals surface area contributed by atoms with Crippen LogP contribution in [0.3, 0.4) is 0 Å². The molecular formula is C18H16N6O3. The third-order valence-corrected chi connectivity index (χ3v) is 4.09. The Balaban J connectivity index is 1.48. The number of hydrogen-bond donors (Lipinski definition) is 1. The molecule has 0 aliphatic carbocycles. The van der Waals surface area contributed by atoms with Gasteiger partial charge in [0.05, 0.1) is 25.5 Å². The fourth-order valence-electron chi connectivity index (χ4n) is 2.75. The number of fused-ring (bicyclic) bond motifs is 1. The third kappa shape index (κ3) is 3.47. The van der Waals surface area contributed by atoms with Gasteiger partial charge >= 0.3 is 0 Å². The number of aromatic nitrogens is 5. The number of hydrogen-bond acceptors (Lipinski definition) is 6. The van der Waals surface area contributed by atoms with E-state index in [-0.39, 0.29) is 17.2 Å². The summed E-state index contributed by atoms with van der Waals surface area (Å²) in [7, 11) is 0. The number of nitrogens with one attached hydrogen (secondary N) is 1. The molecule has 1 amide bonds. The molecule has 9 nitrogen and oxygen atoms in total. The number of amides is 1. The Kier molecular flexibility index (Phi) is 4.48. The van der Waals surface area contributed by atoms with Crippen LogP contribution in [0.25, 0.3) is 11.0 Å². The lowest BCUT2D eigenvalue weighted by atomic mass is 10.2. The lowest BCUT2D eigenvalue weighted by molar-refractivity contribution is 0.0915. The standard InChI is InChI=1S/C18H16N6O3/c25-17(15-6-7-22-27-15)19-8-9-24-16-14(10-21-24)18(26)23(12-20-16)11-13-4-2-1-3-5-13/h1-7,10,12H,8-9,11H2,(H,19,25). The van der Waals surface area contributed by atoms with Gasteiger partial charge < -0.3 is 9.84 Å². The molecule has 1 N–H and O–H groups in total. The third-order valence-electron chi connectivity index (χ3n) is 4.09. The van der Waals surface area contributed by atoms with Gasteiger partial charge in [0.1, 0.15) is 11.7 Å². The average molecular weight is 364 g/mol. The predicted octanol–water partition coefficient (Wildman–Crippen LogP) is 1.06. The molecule has 0 radical (unpaired) electrons. The van der Waals surface area contributed by atoms with Crippen molar-refractivity contribution in [3.8, 4) is 0 Å². The van der Waals surface area contributed by atoms with Crippen LogP contribution in [-0.2, 0) is 13.1 Å². The molecule has 3 heterocycles. The number of rotatable bonds is 6. The zero-order chi connectivity index (χ0) is 18.6. The molecule has 0 aliphatic heterocycles. The van der Waals surface area contributed by atoms with E-state index in [0.717, 1.165) is 5.56 Å². The molecule has 1 aromatic carbocycles. The normalized spacial score (nSPS) is 11.0. The topological polar surface area (TPSA) is 108 Å². The van der Waals surface area contributed by atoms with E-state index >= 15 is 0 Å². The maximum Gasteiger partial charge on any atom is 0.289 e. The fraction of sp³-hybridized carbons (Fsp3) is 0.167. The molecule has 4 aromatic rings. The van der Waals surface area contributed by atoms with Crippen LogP contribution in [0.4, 0.5) is 0 Å². The van der Waals surface area contributed by atoms with Gasteiger partial charge in [0.25, 0.3) is 11.5 Å². The van der Waals surface area contributed by atoms with Crippen molar-refractivity contribution < 1.29 is 9.32 Å². The first-order valence-electron chi connectivity index (χ1n) is 8.36. The van der Waals surface area contributed by atoms with Gasteiger partial charge in [0.2, 0.25) is 5.76 Å². The van der Waals surface area contributed by atoms with Crippen molar-refractivity contribution in [1.82, 2.24) is 29.8 Å². The summed E-state index contributed by atoms with van der Waals surface area (Å²) in [4.78, 5) is 28.9. The van der Waals surface area contributed by atoms with Gasteiger partial charge in [-0.25, -0.2) is 9.67 Å². The summed E-state index contributed by atoms with van der Waals surface area (Å²) in [6.45, 7) is 1.13. The highest BCUT2D eigenvalue weighted by atomic mass is 16.5. The zero-order valence-electron chi connectivity index (χ0n) is 14.3. The monoisotopic (exact) mass is 364 g/mol. The lowest BCUT2D eigenvalue weighted by Crippen LogP contribution is -2.27. The first-order valence-corrected chi connectivity index (χ1v) is 8.36. The van der Waals surface area contributed by atoms with Crippen LogP contribution in [-0.4, -0.2) is 36.9 Å². The van der Waals surface area contributed by atoms with E-state index in [0.29, 0.717) is 30.7 Å². The highest BCUT2D eigenvalue weighted by molar-refractivity contribution is 5.91. The van der Waals surface area contributed by atoms with Crippen LogP contribution in [0.5, 0.6) is 0 Å². The first kappa shape index (κ1) is 16.7. The van der Waals surface area contributed by atoms with Crippen molar-refractivity contribution in [3.05, 3.63) is 76.8 Å². The summed E-state index contributed by atoms with van der Waals surface area (Å²) < 4.78 is 7.93. The van der Waals surface area contributed by atoms with Crippen molar-refractivity contribution in [3.63, 3.8) is 0 Å². The van der Waals surface area contributed by atoms with Crippen LogP contribution in [0.1, 0.15) is 16.1 Å². The van der Waals surface area contributed by atoms with Crippen LogP contribution >= 0.6 is 0 Å². The highest BCUT2D eigenvalue weighted by Crippen LogP contribution is 2.07. The number of carbonyl (C=O) groups excluding carboxylic acids is 1. The second-order valence-corrected chi connectivity index (χ2v) is 5.90. The molecule has 9 heteroatoms. The van der Waals surface area contributed by atoms with E-state index in [1.807, 2.05) is 30.3 Å². The Hall–Kier alpha value is -3.75. The number of nitrogens with zero attached hydrogens (tertiary/aromatic N) is 5. The summed E-state index contributed by atoms with van der Waals surface area (Å²) >= 11 is 0. The molecule has 0 spiro atoms. The minimum absolute atomic E-state index is 0.141. The Morgan fingerprint density at radius 2 is 2.04 bits per heavy atom. The summed E-state index contributed by atoms with van der Waals surface area (Å²) in [6.07, 6.45) is 4.42. The van der Waals surface area contributed by atoms with Gasteiger partial charge in [-0.3, -0.25) is 14.2 Å². The molecule has 0 unspecified atom stereocenters. The smallest absolute Gasteiger partial charge is 0.289 e. The Morgan fingerprint density at radius 1 is 1.19 bits per heavy atom. The summed E-state index contributed by atoms with van der Waals surface area (Å²) in [5, 5.41) is 10.8. The fourth-order valence-corrected chi connectivity index (χ4v) is 2.75. The number of benzene rings is 1. The predicted molar refractivity (Wildman–Crippen MR) is 96.2 cm³/mol. The summed E-state index contributed by atoms with van der Waals surface area (Å²) in [5.41, 5.74) is 1.35. The minimum atomic E-state index is -0.359. The number of carbonyl (C=O) groups is 1. The van der Waals surface area contributed by atoms with Crippen LogP contribution < -0.4 is 10.9 Å². The van der Waals surface area contributed by atoms with Crippen LogP contribution in [0.15, 0.2) is 64.4 Å². The van der Waals surface area contributed by atoms with Gasteiger partial charge in [-0.05, 0) is 5.56 Å². The molecular weight excluding hydrogens is 348 g/mol. The Morgan fingerprint density at radius 3 is 2.81 bits per heavy atom. The molecule has 0 saturated heterocycles. The summed E-state index contributed by atoms with van der Waals surface area (Å²) in [5.74, 6) is -0.218. The minimum Gasteiger partial charge on any atom is -0.351 e. The van der Waals surface area contributed by atoms with Crippen molar-refractivity contribution in [2.24, 2.45) is 0 Å². The van der Waals surface area contributed by atoms with E-state index in [1.165, 1.54) is 24.8 Å². The summed E-state index contributed by atoms with van der Waals surface area (Å²) in [6, 6.07) is 11.2. The average Bonchev–Trinajstić information content (AvgIpc) is 3.35. The lowest BCUT2D eigenvalue weighted by Gasteiger charge is -2.07. The second-order valence-electron chi connectivity index (χ2n) is 5.90. The molecule has 0 aliphatic rings. The first-order chi connectivity index (χ1) is 13.2. The Labute approximate surface area is 153 Å². The molecule has 0 atom stereocenters. The maximum absolute atomic E-state index is 12.7. The van der Waals surface area contributed by atoms with Crippen molar-refractivity contribution in [2.75, 3.05) is 6.54 Å². The van der Waals surface area contributed by atoms with Crippen molar-refractivity contribution >= 4 is 16.9 Å². The zero-order valence-corrected chi connectivity index (χ0v) is 14.3. The van der Waals surface area contributed by atoms with Gasteiger partial charge in [0.15, 0.2) is 5.65 Å². The molecule has 0 fully saturated rings. The molecule has 4 rings (SSSR count). The largest absolute Gasteiger partial charge is 0.351 e. The second kappa shape index (κ2) is 7.24. The van der Waals surface area contributed by atoms with E-state index < -0.39 is 0 Å². The van der Waals surface area contributed by atoms with Gasteiger partial charge in [-0.2, -0.15) is 5.10 Å². The van der Waals surface area contributed by atoms with Crippen LogP contribution in [0, 0.1) is 0 Å². The van der Waals surface area contributed by atoms with E-state index in [2.05, 4.69) is 20.6 Å². The van der Waals surface area contributed by atoms with Crippen LogP contribution in [0.2, 0.25) is 0 Å². The van der Waals surface area contributed by atoms with E-state index in [9.17, 15) is 9.59 Å². The highest BCUT2D eigenvalue weighted by Gasteiger charge is 2.12.